The largest absolute Gasteiger partial charge is 0.493 e. The number of fused-ring (bicyclic) bond motifs is 1. The first-order chi connectivity index (χ1) is 10.8. The van der Waals surface area contributed by atoms with Crippen LogP contribution in [0.3, 0.4) is 0 Å². The predicted octanol–water partition coefficient (Wildman–Crippen LogP) is 4.60. The minimum Gasteiger partial charge on any atom is -0.493 e. The Morgan fingerprint density at radius 3 is 2.55 bits per heavy atom. The highest BCUT2D eigenvalue weighted by Gasteiger charge is 2.01. The summed E-state index contributed by atoms with van der Waals surface area (Å²) in [6.45, 7) is 3.25. The van der Waals surface area contributed by atoms with Crippen molar-refractivity contribution in [3.05, 3.63) is 66.4 Å². The van der Waals surface area contributed by atoms with E-state index in [0.29, 0.717) is 6.61 Å². The lowest BCUT2D eigenvalue weighted by Gasteiger charge is -2.09. The highest BCUT2D eigenvalue weighted by molar-refractivity contribution is 5.78. The van der Waals surface area contributed by atoms with E-state index in [1.54, 1.807) is 0 Å². The van der Waals surface area contributed by atoms with E-state index in [1.165, 1.54) is 0 Å². The van der Waals surface area contributed by atoms with Crippen molar-refractivity contribution in [2.75, 3.05) is 6.61 Å². The Morgan fingerprint density at radius 1 is 0.864 bits per heavy atom. The number of nitrogens with zero attached hydrogens (tertiary/aromatic N) is 1. The van der Waals surface area contributed by atoms with E-state index in [2.05, 4.69) is 24.0 Å². The minimum absolute atomic E-state index is 0.446. The molecule has 0 saturated heterocycles. The molecule has 0 saturated carbocycles. The summed E-state index contributed by atoms with van der Waals surface area (Å²) >= 11 is 0. The van der Waals surface area contributed by atoms with Gasteiger partial charge in [0, 0.05) is 11.5 Å². The Morgan fingerprint density at radius 2 is 1.68 bits per heavy atom. The summed E-state index contributed by atoms with van der Waals surface area (Å²) in [4.78, 5) is 4.61. The third-order valence-electron chi connectivity index (χ3n) is 3.32. The van der Waals surface area contributed by atoms with Crippen molar-refractivity contribution in [1.82, 2.24) is 4.98 Å². The van der Waals surface area contributed by atoms with Crippen LogP contribution in [0.15, 0.2) is 60.7 Å². The summed E-state index contributed by atoms with van der Waals surface area (Å²) in [6.07, 6.45) is 0.992. The molecule has 22 heavy (non-hydrogen) atoms. The molecule has 0 unspecified atom stereocenters. The topological polar surface area (TPSA) is 31.4 Å². The van der Waals surface area contributed by atoms with Crippen molar-refractivity contribution < 1.29 is 9.47 Å². The molecule has 0 spiro atoms. The molecule has 3 aromatic rings. The Labute approximate surface area is 130 Å². The van der Waals surface area contributed by atoms with Gasteiger partial charge in [-0.3, -0.25) is 0 Å². The third kappa shape index (κ3) is 3.55. The molecule has 0 aliphatic carbocycles. The van der Waals surface area contributed by atoms with Gasteiger partial charge >= 0.3 is 0 Å². The Kier molecular flexibility index (Phi) is 4.54. The van der Waals surface area contributed by atoms with Gasteiger partial charge in [0.1, 0.15) is 18.1 Å². The second-order valence-electron chi connectivity index (χ2n) is 5.11. The number of rotatable bonds is 6. The van der Waals surface area contributed by atoms with E-state index in [9.17, 15) is 0 Å². The summed E-state index contributed by atoms with van der Waals surface area (Å²) in [5, 5.41) is 1.14. The van der Waals surface area contributed by atoms with Crippen LogP contribution in [0.5, 0.6) is 11.5 Å². The molecule has 0 atom stereocenters. The zero-order valence-electron chi connectivity index (χ0n) is 12.7. The molecule has 3 nitrogen and oxygen atoms in total. The molecule has 3 heteroatoms. The van der Waals surface area contributed by atoms with Gasteiger partial charge in [-0.15, -0.1) is 0 Å². The maximum atomic E-state index is 5.82. The SMILES string of the molecule is CCCOc1cccc(OCc2ccc3ccccc3n2)c1. The van der Waals surface area contributed by atoms with Gasteiger partial charge in [-0.2, -0.15) is 0 Å². The standard InChI is InChI=1S/C19H19NO2/c1-2-12-21-17-7-5-8-18(13-17)22-14-16-11-10-15-6-3-4-9-19(15)20-16/h3-11,13H,2,12,14H2,1H3. The lowest BCUT2D eigenvalue weighted by Crippen LogP contribution is -1.99. The molecular formula is C19H19NO2. The van der Waals surface area contributed by atoms with E-state index in [1.807, 2.05) is 48.5 Å². The quantitative estimate of drug-likeness (QED) is 0.665. The van der Waals surface area contributed by atoms with Crippen LogP contribution < -0.4 is 9.47 Å². The normalized spacial score (nSPS) is 10.6. The van der Waals surface area contributed by atoms with Crippen molar-refractivity contribution >= 4 is 10.9 Å². The first-order valence-corrected chi connectivity index (χ1v) is 7.55. The van der Waals surface area contributed by atoms with Crippen LogP contribution in [0, 0.1) is 0 Å². The molecule has 112 valence electrons. The lowest BCUT2D eigenvalue weighted by atomic mass is 10.2. The van der Waals surface area contributed by atoms with Crippen LogP contribution in [0.2, 0.25) is 0 Å². The summed E-state index contributed by atoms with van der Waals surface area (Å²) in [7, 11) is 0. The average Bonchev–Trinajstić information content (AvgIpc) is 2.58. The number of para-hydroxylation sites is 1. The van der Waals surface area contributed by atoms with Gasteiger partial charge in [0.15, 0.2) is 0 Å². The Bertz CT molecular complexity index is 755. The number of ether oxygens (including phenoxy) is 2. The maximum Gasteiger partial charge on any atom is 0.130 e. The predicted molar refractivity (Wildman–Crippen MR) is 88.3 cm³/mol. The van der Waals surface area contributed by atoms with E-state index >= 15 is 0 Å². The van der Waals surface area contributed by atoms with Crippen LogP contribution in [0.25, 0.3) is 10.9 Å². The van der Waals surface area contributed by atoms with Crippen LogP contribution in [0.4, 0.5) is 0 Å². The van der Waals surface area contributed by atoms with Gasteiger partial charge < -0.3 is 9.47 Å². The van der Waals surface area contributed by atoms with Gasteiger partial charge in [-0.25, -0.2) is 4.98 Å². The van der Waals surface area contributed by atoms with Gasteiger partial charge in [-0.1, -0.05) is 37.3 Å². The second kappa shape index (κ2) is 6.94. The highest BCUT2D eigenvalue weighted by Crippen LogP contribution is 2.21. The minimum atomic E-state index is 0.446. The molecule has 0 N–H and O–H groups in total. The molecule has 1 heterocycles. The van der Waals surface area contributed by atoms with Crippen molar-refractivity contribution in [3.8, 4) is 11.5 Å². The molecule has 0 fully saturated rings. The average molecular weight is 293 g/mol. The van der Waals surface area contributed by atoms with E-state index in [-0.39, 0.29) is 0 Å². The number of pyridine rings is 1. The van der Waals surface area contributed by atoms with Gasteiger partial charge in [-0.05, 0) is 30.7 Å². The molecule has 2 aromatic carbocycles. The maximum absolute atomic E-state index is 5.82. The number of aromatic nitrogens is 1. The van der Waals surface area contributed by atoms with Crippen molar-refractivity contribution in [1.29, 1.82) is 0 Å². The van der Waals surface area contributed by atoms with Crippen LogP contribution >= 0.6 is 0 Å². The van der Waals surface area contributed by atoms with E-state index < -0.39 is 0 Å². The fourth-order valence-electron chi connectivity index (χ4n) is 2.22. The van der Waals surface area contributed by atoms with Gasteiger partial charge in [0.25, 0.3) is 0 Å². The van der Waals surface area contributed by atoms with E-state index in [0.717, 1.165) is 41.1 Å². The molecule has 0 aliphatic rings. The van der Waals surface area contributed by atoms with Crippen LogP contribution in [0.1, 0.15) is 19.0 Å². The first-order valence-electron chi connectivity index (χ1n) is 7.55. The van der Waals surface area contributed by atoms with Crippen molar-refractivity contribution in [2.45, 2.75) is 20.0 Å². The van der Waals surface area contributed by atoms with Crippen molar-refractivity contribution in [2.24, 2.45) is 0 Å². The molecule has 0 aliphatic heterocycles. The van der Waals surface area contributed by atoms with Crippen molar-refractivity contribution in [3.63, 3.8) is 0 Å². The fourth-order valence-corrected chi connectivity index (χ4v) is 2.22. The van der Waals surface area contributed by atoms with Crippen LogP contribution in [-0.4, -0.2) is 11.6 Å². The monoisotopic (exact) mass is 293 g/mol. The fraction of sp³-hybridized carbons (Fsp3) is 0.211. The summed E-state index contributed by atoms with van der Waals surface area (Å²) in [5.41, 5.74) is 1.90. The second-order valence-corrected chi connectivity index (χ2v) is 5.11. The third-order valence-corrected chi connectivity index (χ3v) is 3.32. The van der Waals surface area contributed by atoms with Crippen LogP contribution in [-0.2, 0) is 6.61 Å². The smallest absolute Gasteiger partial charge is 0.130 e. The first kappa shape index (κ1) is 14.4. The summed E-state index contributed by atoms with van der Waals surface area (Å²) < 4.78 is 11.4. The molecule has 0 bridgehead atoms. The highest BCUT2D eigenvalue weighted by atomic mass is 16.5. The molecule has 0 amide bonds. The zero-order chi connectivity index (χ0) is 15.2. The van der Waals surface area contributed by atoms with Gasteiger partial charge in [0.05, 0.1) is 17.8 Å². The molecule has 3 rings (SSSR count). The summed E-state index contributed by atoms with van der Waals surface area (Å²) in [5.74, 6) is 1.63. The zero-order valence-corrected chi connectivity index (χ0v) is 12.7. The van der Waals surface area contributed by atoms with Gasteiger partial charge in [0.2, 0.25) is 0 Å². The number of hydrogen-bond acceptors (Lipinski definition) is 3. The molecule has 0 radical (unpaired) electrons. The van der Waals surface area contributed by atoms with E-state index in [4.69, 9.17) is 9.47 Å². The Hall–Kier alpha value is -2.55. The molecule has 1 aromatic heterocycles. The lowest BCUT2D eigenvalue weighted by molar-refractivity contribution is 0.292. The number of hydrogen-bond donors (Lipinski definition) is 0. The summed E-state index contributed by atoms with van der Waals surface area (Å²) in [6, 6.07) is 19.9. The Balaban J connectivity index is 1.68. The molecular weight excluding hydrogens is 274 g/mol. The number of benzene rings is 2.